The maximum atomic E-state index is 13.6. The van der Waals surface area contributed by atoms with Crippen LogP contribution in [0.15, 0.2) is 35.0 Å². The summed E-state index contributed by atoms with van der Waals surface area (Å²) in [5.74, 6) is -0.178. The van der Waals surface area contributed by atoms with E-state index in [1.807, 2.05) is 6.07 Å². The van der Waals surface area contributed by atoms with Crippen LogP contribution in [0.5, 0.6) is 0 Å². The first-order valence-corrected chi connectivity index (χ1v) is 8.31. The quantitative estimate of drug-likeness (QED) is 0.805. The molecule has 1 aromatic carbocycles. The monoisotopic (exact) mass is 306 g/mol. The van der Waals surface area contributed by atoms with E-state index in [1.54, 1.807) is 17.4 Å². The number of nitrogens with one attached hydrogen (secondary N) is 1. The van der Waals surface area contributed by atoms with Crippen molar-refractivity contribution in [1.82, 2.24) is 5.32 Å². The van der Waals surface area contributed by atoms with Gasteiger partial charge in [-0.1, -0.05) is 6.92 Å². The van der Waals surface area contributed by atoms with Gasteiger partial charge in [0.25, 0.3) is 0 Å². The third kappa shape index (κ3) is 4.29. The van der Waals surface area contributed by atoms with Crippen LogP contribution in [0.2, 0.25) is 0 Å². The highest BCUT2D eigenvalue weighted by Gasteiger charge is 2.14. The molecule has 2 rings (SSSR count). The highest BCUT2D eigenvalue weighted by molar-refractivity contribution is 7.07. The molecule has 0 radical (unpaired) electrons. The molecule has 0 amide bonds. The van der Waals surface area contributed by atoms with Gasteiger partial charge in [-0.3, -0.25) is 0 Å². The van der Waals surface area contributed by atoms with Gasteiger partial charge < -0.3 is 10.2 Å². The Balaban J connectivity index is 2.21. The Bertz CT molecular complexity index is 554. The number of benzene rings is 1. The predicted molar refractivity (Wildman–Crippen MR) is 89.5 cm³/mol. The standard InChI is InChI=1S/C17H23FN2S/c1-4-8-19-13(2)16-10-15(18)5-6-17(16)20(3)11-14-7-9-21-12-14/h5-7,9-10,12-13,19H,4,8,11H2,1-3H3. The molecule has 0 aliphatic heterocycles. The van der Waals surface area contributed by atoms with Crippen molar-refractivity contribution in [3.8, 4) is 0 Å². The number of thiophene rings is 1. The molecule has 0 aliphatic carbocycles. The second-order valence-electron chi connectivity index (χ2n) is 5.37. The van der Waals surface area contributed by atoms with Gasteiger partial charge in [0, 0.05) is 25.3 Å². The van der Waals surface area contributed by atoms with Gasteiger partial charge in [-0.2, -0.15) is 11.3 Å². The van der Waals surface area contributed by atoms with Crippen LogP contribution in [0, 0.1) is 5.82 Å². The fraction of sp³-hybridized carbons (Fsp3) is 0.412. The van der Waals surface area contributed by atoms with Crippen molar-refractivity contribution in [2.24, 2.45) is 0 Å². The molecule has 0 spiro atoms. The maximum absolute atomic E-state index is 13.6. The Morgan fingerprint density at radius 2 is 2.14 bits per heavy atom. The number of hydrogen-bond donors (Lipinski definition) is 1. The molecule has 1 unspecified atom stereocenters. The van der Waals surface area contributed by atoms with Gasteiger partial charge in [0.15, 0.2) is 0 Å². The molecular formula is C17H23FN2S. The first-order chi connectivity index (χ1) is 10.1. The molecule has 0 fully saturated rings. The molecule has 1 N–H and O–H groups in total. The van der Waals surface area contributed by atoms with Gasteiger partial charge in [0.05, 0.1) is 0 Å². The summed E-state index contributed by atoms with van der Waals surface area (Å²) in [5, 5.41) is 7.67. The van der Waals surface area contributed by atoms with Crippen LogP contribution < -0.4 is 10.2 Å². The molecule has 0 saturated heterocycles. The van der Waals surface area contributed by atoms with Crippen LogP contribution in [0.1, 0.15) is 37.4 Å². The van der Waals surface area contributed by atoms with Gasteiger partial charge in [0.2, 0.25) is 0 Å². The lowest BCUT2D eigenvalue weighted by molar-refractivity contribution is 0.561. The van der Waals surface area contributed by atoms with E-state index >= 15 is 0 Å². The van der Waals surface area contributed by atoms with Gasteiger partial charge in [-0.25, -0.2) is 4.39 Å². The van der Waals surface area contributed by atoms with E-state index in [0.29, 0.717) is 0 Å². The van der Waals surface area contributed by atoms with Gasteiger partial charge in [-0.05, 0) is 66.0 Å². The zero-order chi connectivity index (χ0) is 15.2. The van der Waals surface area contributed by atoms with E-state index < -0.39 is 0 Å². The molecule has 2 nitrogen and oxygen atoms in total. The first-order valence-electron chi connectivity index (χ1n) is 7.37. The molecular weight excluding hydrogens is 283 g/mol. The minimum atomic E-state index is -0.178. The zero-order valence-electron chi connectivity index (χ0n) is 12.9. The molecule has 1 heterocycles. The van der Waals surface area contributed by atoms with E-state index in [0.717, 1.165) is 30.8 Å². The Kier molecular flexibility index (Phi) is 5.76. The lowest BCUT2D eigenvalue weighted by Crippen LogP contribution is -2.24. The summed E-state index contributed by atoms with van der Waals surface area (Å²) in [6, 6.07) is 7.33. The Morgan fingerprint density at radius 3 is 2.81 bits per heavy atom. The van der Waals surface area contributed by atoms with Crippen molar-refractivity contribution >= 4 is 17.0 Å². The largest absolute Gasteiger partial charge is 0.370 e. The third-order valence-corrected chi connectivity index (χ3v) is 4.30. The van der Waals surface area contributed by atoms with Crippen LogP contribution in [0.25, 0.3) is 0 Å². The fourth-order valence-corrected chi connectivity index (χ4v) is 3.09. The summed E-state index contributed by atoms with van der Waals surface area (Å²) in [4.78, 5) is 2.18. The van der Waals surface area contributed by atoms with Crippen LogP contribution in [-0.4, -0.2) is 13.6 Å². The van der Waals surface area contributed by atoms with E-state index in [2.05, 4.69) is 47.9 Å². The van der Waals surface area contributed by atoms with Crippen molar-refractivity contribution < 1.29 is 4.39 Å². The molecule has 0 bridgehead atoms. The summed E-state index contributed by atoms with van der Waals surface area (Å²) in [7, 11) is 2.06. The normalized spacial score (nSPS) is 12.4. The lowest BCUT2D eigenvalue weighted by Gasteiger charge is -2.25. The number of rotatable bonds is 7. The topological polar surface area (TPSA) is 15.3 Å². The van der Waals surface area contributed by atoms with Crippen LogP contribution in [0.4, 0.5) is 10.1 Å². The second kappa shape index (κ2) is 7.57. The van der Waals surface area contributed by atoms with Crippen molar-refractivity contribution in [3.63, 3.8) is 0 Å². The average molecular weight is 306 g/mol. The van der Waals surface area contributed by atoms with E-state index in [4.69, 9.17) is 0 Å². The molecule has 2 aromatic rings. The van der Waals surface area contributed by atoms with Gasteiger partial charge >= 0.3 is 0 Å². The first kappa shape index (κ1) is 16.0. The molecule has 4 heteroatoms. The number of anilines is 1. The molecule has 21 heavy (non-hydrogen) atoms. The van der Waals surface area contributed by atoms with Crippen molar-refractivity contribution in [3.05, 3.63) is 52.0 Å². The summed E-state index contributed by atoms with van der Waals surface area (Å²) >= 11 is 1.70. The molecule has 1 aromatic heterocycles. The number of nitrogens with zero attached hydrogens (tertiary/aromatic N) is 1. The average Bonchev–Trinajstić information content (AvgIpc) is 2.97. The fourth-order valence-electron chi connectivity index (χ4n) is 2.43. The summed E-state index contributed by atoms with van der Waals surface area (Å²) < 4.78 is 13.6. The maximum Gasteiger partial charge on any atom is 0.123 e. The Hall–Kier alpha value is -1.39. The predicted octanol–water partition coefficient (Wildman–Crippen LogP) is 4.58. The van der Waals surface area contributed by atoms with E-state index in [-0.39, 0.29) is 11.9 Å². The van der Waals surface area contributed by atoms with E-state index in [1.165, 1.54) is 11.6 Å². The number of hydrogen-bond acceptors (Lipinski definition) is 3. The lowest BCUT2D eigenvalue weighted by atomic mass is 10.0. The minimum absolute atomic E-state index is 0.139. The van der Waals surface area contributed by atoms with Crippen molar-refractivity contribution in [2.45, 2.75) is 32.9 Å². The molecule has 0 aliphatic rings. The Labute approximate surface area is 130 Å². The highest BCUT2D eigenvalue weighted by Crippen LogP contribution is 2.28. The van der Waals surface area contributed by atoms with Crippen molar-refractivity contribution in [1.29, 1.82) is 0 Å². The molecule has 1 atom stereocenters. The van der Waals surface area contributed by atoms with Gasteiger partial charge in [-0.15, -0.1) is 0 Å². The zero-order valence-corrected chi connectivity index (χ0v) is 13.7. The van der Waals surface area contributed by atoms with Crippen molar-refractivity contribution in [2.75, 3.05) is 18.5 Å². The summed E-state index contributed by atoms with van der Waals surface area (Å²) in [6.07, 6.45) is 1.07. The molecule has 114 valence electrons. The SMILES string of the molecule is CCCNC(C)c1cc(F)ccc1N(C)Cc1ccsc1. The third-order valence-electron chi connectivity index (χ3n) is 3.57. The second-order valence-corrected chi connectivity index (χ2v) is 6.15. The highest BCUT2D eigenvalue weighted by atomic mass is 32.1. The van der Waals surface area contributed by atoms with E-state index in [9.17, 15) is 4.39 Å². The summed E-state index contributed by atoms with van der Waals surface area (Å²) in [5.41, 5.74) is 3.38. The van der Waals surface area contributed by atoms with Gasteiger partial charge in [0.1, 0.15) is 5.82 Å². The van der Waals surface area contributed by atoms with Crippen LogP contribution >= 0.6 is 11.3 Å². The van der Waals surface area contributed by atoms with Crippen LogP contribution in [-0.2, 0) is 6.54 Å². The minimum Gasteiger partial charge on any atom is -0.370 e. The molecule has 0 saturated carbocycles. The smallest absolute Gasteiger partial charge is 0.123 e. The Morgan fingerprint density at radius 1 is 1.33 bits per heavy atom. The van der Waals surface area contributed by atoms with Crippen LogP contribution in [0.3, 0.4) is 0 Å². The summed E-state index contributed by atoms with van der Waals surface area (Å²) in [6.45, 7) is 6.00. The number of halogens is 1.